The molecule has 1 saturated carbocycles. The first kappa shape index (κ1) is 12.5. The van der Waals surface area contributed by atoms with Crippen LogP contribution in [0.4, 0.5) is 0 Å². The van der Waals surface area contributed by atoms with Gasteiger partial charge in [-0.25, -0.2) is 4.98 Å². The highest BCUT2D eigenvalue weighted by Crippen LogP contribution is 2.34. The summed E-state index contributed by atoms with van der Waals surface area (Å²) in [4.78, 5) is 4.52. The number of fused-ring (bicyclic) bond motifs is 1. The molecule has 1 atom stereocenters. The molecule has 0 radical (unpaired) electrons. The molecule has 4 nitrogen and oxygen atoms in total. The number of methoxy groups -OCH3 is 1. The standard InChI is InChI=1S/C15H20N2O2/c1-18-11-7-8-12-13(9-11)19-15(17-12)14(16)10-5-3-2-4-6-10/h7-10,14H,2-6,16H2,1H3. The lowest BCUT2D eigenvalue weighted by Gasteiger charge is -2.25. The van der Waals surface area contributed by atoms with Crippen LogP contribution in [0, 0.1) is 5.92 Å². The van der Waals surface area contributed by atoms with Crippen molar-refractivity contribution >= 4 is 11.1 Å². The summed E-state index contributed by atoms with van der Waals surface area (Å²) in [6.45, 7) is 0. The molecular formula is C15H20N2O2. The van der Waals surface area contributed by atoms with E-state index in [4.69, 9.17) is 14.9 Å². The third-order valence-electron chi connectivity index (χ3n) is 4.05. The van der Waals surface area contributed by atoms with E-state index in [1.54, 1.807) is 7.11 Å². The third kappa shape index (κ3) is 2.45. The van der Waals surface area contributed by atoms with Crippen LogP contribution < -0.4 is 10.5 Å². The predicted octanol–water partition coefficient (Wildman–Crippen LogP) is 3.42. The molecule has 2 N–H and O–H groups in total. The Balaban J connectivity index is 1.87. The number of rotatable bonds is 3. The molecule has 1 aromatic carbocycles. The van der Waals surface area contributed by atoms with Gasteiger partial charge in [0.15, 0.2) is 5.58 Å². The summed E-state index contributed by atoms with van der Waals surface area (Å²) in [5.74, 6) is 1.94. The van der Waals surface area contributed by atoms with Gasteiger partial charge in [-0.3, -0.25) is 0 Å². The molecule has 1 heterocycles. The molecular weight excluding hydrogens is 240 g/mol. The molecule has 0 bridgehead atoms. The van der Waals surface area contributed by atoms with Gasteiger partial charge in [-0.2, -0.15) is 0 Å². The van der Waals surface area contributed by atoms with Crippen molar-refractivity contribution in [2.45, 2.75) is 38.1 Å². The monoisotopic (exact) mass is 260 g/mol. The zero-order chi connectivity index (χ0) is 13.2. The smallest absolute Gasteiger partial charge is 0.212 e. The molecule has 102 valence electrons. The van der Waals surface area contributed by atoms with E-state index < -0.39 is 0 Å². The quantitative estimate of drug-likeness (QED) is 0.918. The lowest BCUT2D eigenvalue weighted by molar-refractivity contribution is 0.278. The number of hydrogen-bond acceptors (Lipinski definition) is 4. The van der Waals surface area contributed by atoms with Crippen molar-refractivity contribution < 1.29 is 9.15 Å². The largest absolute Gasteiger partial charge is 0.497 e. The topological polar surface area (TPSA) is 61.3 Å². The number of nitrogens with two attached hydrogens (primary N) is 1. The van der Waals surface area contributed by atoms with Gasteiger partial charge in [0.05, 0.1) is 13.2 Å². The van der Waals surface area contributed by atoms with Crippen LogP contribution in [0.15, 0.2) is 22.6 Å². The minimum absolute atomic E-state index is 0.0845. The van der Waals surface area contributed by atoms with Crippen molar-refractivity contribution in [1.29, 1.82) is 0 Å². The first-order valence-electron chi connectivity index (χ1n) is 6.98. The number of benzene rings is 1. The van der Waals surface area contributed by atoms with Crippen LogP contribution in [0.3, 0.4) is 0 Å². The molecule has 1 aliphatic carbocycles. The van der Waals surface area contributed by atoms with E-state index in [1.165, 1.54) is 32.1 Å². The van der Waals surface area contributed by atoms with Gasteiger partial charge in [0.25, 0.3) is 0 Å². The Bertz CT molecular complexity index is 558. The fourth-order valence-electron chi connectivity index (χ4n) is 2.89. The van der Waals surface area contributed by atoms with Gasteiger partial charge in [-0.15, -0.1) is 0 Å². The van der Waals surface area contributed by atoms with Crippen molar-refractivity contribution in [3.63, 3.8) is 0 Å². The van der Waals surface area contributed by atoms with Gasteiger partial charge in [-0.05, 0) is 30.9 Å². The Morgan fingerprint density at radius 2 is 2.11 bits per heavy atom. The number of aromatic nitrogens is 1. The Morgan fingerprint density at radius 3 is 2.84 bits per heavy atom. The number of nitrogens with zero attached hydrogens (tertiary/aromatic N) is 1. The van der Waals surface area contributed by atoms with Gasteiger partial charge < -0.3 is 14.9 Å². The molecule has 1 fully saturated rings. The van der Waals surface area contributed by atoms with Crippen molar-refractivity contribution in [2.24, 2.45) is 11.7 Å². The minimum atomic E-state index is -0.0845. The van der Waals surface area contributed by atoms with Crippen molar-refractivity contribution in [1.82, 2.24) is 4.98 Å². The maximum Gasteiger partial charge on any atom is 0.212 e. The van der Waals surface area contributed by atoms with Crippen molar-refractivity contribution in [3.05, 3.63) is 24.1 Å². The van der Waals surface area contributed by atoms with Crippen LogP contribution in [0.2, 0.25) is 0 Å². The summed E-state index contributed by atoms with van der Waals surface area (Å²) >= 11 is 0. The SMILES string of the molecule is COc1ccc2nc(C(N)C3CCCCC3)oc2c1. The summed E-state index contributed by atoms with van der Waals surface area (Å²) in [6, 6.07) is 5.58. The van der Waals surface area contributed by atoms with Crippen LogP contribution in [0.1, 0.15) is 44.0 Å². The van der Waals surface area contributed by atoms with Crippen molar-refractivity contribution in [2.75, 3.05) is 7.11 Å². The third-order valence-corrected chi connectivity index (χ3v) is 4.05. The van der Waals surface area contributed by atoms with Gasteiger partial charge in [0.1, 0.15) is 11.3 Å². The maximum atomic E-state index is 6.32. The zero-order valence-corrected chi connectivity index (χ0v) is 11.3. The average Bonchev–Trinajstić information content (AvgIpc) is 2.90. The molecule has 2 aromatic rings. The second-order valence-electron chi connectivity index (χ2n) is 5.31. The Kier molecular flexibility index (Phi) is 3.42. The second kappa shape index (κ2) is 5.21. The number of hydrogen-bond donors (Lipinski definition) is 1. The highest BCUT2D eigenvalue weighted by Gasteiger charge is 2.25. The molecule has 1 aliphatic rings. The van der Waals surface area contributed by atoms with Gasteiger partial charge in [0, 0.05) is 6.07 Å². The summed E-state index contributed by atoms with van der Waals surface area (Å²) in [5, 5.41) is 0. The van der Waals surface area contributed by atoms with E-state index in [9.17, 15) is 0 Å². The predicted molar refractivity (Wildman–Crippen MR) is 74.1 cm³/mol. The molecule has 0 saturated heterocycles. The Morgan fingerprint density at radius 1 is 1.32 bits per heavy atom. The fourth-order valence-corrected chi connectivity index (χ4v) is 2.89. The van der Waals surface area contributed by atoms with E-state index in [1.807, 2.05) is 18.2 Å². The molecule has 4 heteroatoms. The molecule has 1 aromatic heterocycles. The summed E-state index contributed by atoms with van der Waals surface area (Å²) in [7, 11) is 1.65. The van der Waals surface area contributed by atoms with E-state index in [0.29, 0.717) is 11.8 Å². The van der Waals surface area contributed by atoms with E-state index in [-0.39, 0.29) is 6.04 Å². The molecule has 1 unspecified atom stereocenters. The molecule has 0 spiro atoms. The Labute approximate surface area is 112 Å². The van der Waals surface area contributed by atoms with Crippen LogP contribution in [0.25, 0.3) is 11.1 Å². The zero-order valence-electron chi connectivity index (χ0n) is 11.3. The van der Waals surface area contributed by atoms with E-state index >= 15 is 0 Å². The van der Waals surface area contributed by atoms with Crippen molar-refractivity contribution in [3.8, 4) is 5.75 Å². The highest BCUT2D eigenvalue weighted by molar-refractivity contribution is 5.74. The normalized spacial score (nSPS) is 18.6. The molecule has 19 heavy (non-hydrogen) atoms. The summed E-state index contributed by atoms with van der Waals surface area (Å²) in [5.41, 5.74) is 7.92. The number of oxazole rings is 1. The fraction of sp³-hybridized carbons (Fsp3) is 0.533. The second-order valence-corrected chi connectivity index (χ2v) is 5.31. The Hall–Kier alpha value is -1.55. The van der Waals surface area contributed by atoms with Crippen LogP contribution in [-0.4, -0.2) is 12.1 Å². The molecule has 0 aliphatic heterocycles. The van der Waals surface area contributed by atoms with Crippen LogP contribution in [0.5, 0.6) is 5.75 Å². The lowest BCUT2D eigenvalue weighted by Crippen LogP contribution is -2.23. The number of ether oxygens (including phenoxy) is 1. The molecule has 3 rings (SSSR count). The summed E-state index contributed by atoms with van der Waals surface area (Å²) in [6.07, 6.45) is 6.24. The highest BCUT2D eigenvalue weighted by atomic mass is 16.5. The summed E-state index contributed by atoms with van der Waals surface area (Å²) < 4.78 is 11.0. The van der Waals surface area contributed by atoms with Gasteiger partial charge >= 0.3 is 0 Å². The van der Waals surface area contributed by atoms with Gasteiger partial charge in [0.2, 0.25) is 5.89 Å². The van der Waals surface area contributed by atoms with Crippen LogP contribution >= 0.6 is 0 Å². The van der Waals surface area contributed by atoms with E-state index in [0.717, 1.165) is 16.8 Å². The lowest BCUT2D eigenvalue weighted by atomic mass is 9.84. The van der Waals surface area contributed by atoms with E-state index in [2.05, 4.69) is 4.98 Å². The first-order valence-corrected chi connectivity index (χ1v) is 6.98. The van der Waals surface area contributed by atoms with Gasteiger partial charge in [-0.1, -0.05) is 19.3 Å². The minimum Gasteiger partial charge on any atom is -0.497 e. The first-order chi connectivity index (χ1) is 9.28. The maximum absolute atomic E-state index is 6.32. The van der Waals surface area contributed by atoms with Crippen LogP contribution in [-0.2, 0) is 0 Å². The average molecular weight is 260 g/mol. The molecule has 0 amide bonds.